The third-order valence-corrected chi connectivity index (χ3v) is 3.80. The number of aliphatic hydroxyl groups is 1. The van der Waals surface area contributed by atoms with Gasteiger partial charge in [0.15, 0.2) is 0 Å². The maximum atomic E-state index is 9.46. The molecule has 1 aliphatic carbocycles. The van der Waals surface area contributed by atoms with Crippen molar-refractivity contribution in [1.82, 2.24) is 4.81 Å². The third-order valence-electron chi connectivity index (χ3n) is 3.80. The fourth-order valence-electron chi connectivity index (χ4n) is 2.97. The van der Waals surface area contributed by atoms with Crippen molar-refractivity contribution in [2.75, 3.05) is 19.7 Å². The van der Waals surface area contributed by atoms with Crippen LogP contribution in [0.4, 0.5) is 0 Å². The first-order valence-corrected chi connectivity index (χ1v) is 5.25. The summed E-state index contributed by atoms with van der Waals surface area (Å²) in [6.45, 7) is 4.11. The number of hydrogen-bond donors (Lipinski definition) is 2. The molecule has 74 valence electrons. The highest BCUT2D eigenvalue weighted by molar-refractivity contribution is 6.45. The maximum Gasteiger partial charge on any atom is 0.376 e. The van der Waals surface area contributed by atoms with E-state index < -0.39 is 0 Å². The van der Waals surface area contributed by atoms with Gasteiger partial charge in [0.1, 0.15) is 0 Å². The summed E-state index contributed by atoms with van der Waals surface area (Å²) in [5, 5.41) is 18.7. The molecule has 2 rings (SSSR count). The summed E-state index contributed by atoms with van der Waals surface area (Å²) in [5.41, 5.74) is 0. The molecule has 0 aromatic rings. The topological polar surface area (TPSA) is 43.7 Å². The maximum absolute atomic E-state index is 9.46. The summed E-state index contributed by atoms with van der Waals surface area (Å²) in [5.74, 6) is 1.76. The van der Waals surface area contributed by atoms with Crippen LogP contribution < -0.4 is 0 Å². The smallest absolute Gasteiger partial charge is 0.376 e. The molecule has 2 N–H and O–H groups in total. The zero-order chi connectivity index (χ0) is 9.42. The van der Waals surface area contributed by atoms with E-state index in [1.165, 1.54) is 12.8 Å². The van der Waals surface area contributed by atoms with Crippen molar-refractivity contribution in [3.63, 3.8) is 0 Å². The van der Waals surface area contributed by atoms with E-state index in [4.69, 9.17) is 0 Å². The molecular weight excluding hydrogens is 165 g/mol. The highest BCUT2D eigenvalue weighted by Gasteiger charge is 2.42. The van der Waals surface area contributed by atoms with Crippen LogP contribution in [0.25, 0.3) is 0 Å². The van der Waals surface area contributed by atoms with E-state index in [1.54, 1.807) is 0 Å². The molecule has 0 aromatic heterocycles. The molecule has 2 atom stereocenters. The second kappa shape index (κ2) is 3.60. The van der Waals surface area contributed by atoms with Crippen LogP contribution >= 0.6 is 0 Å². The molecular formula is C9H18BNO2. The van der Waals surface area contributed by atoms with Gasteiger partial charge in [0.05, 0.1) is 0 Å². The third kappa shape index (κ3) is 1.63. The monoisotopic (exact) mass is 183 g/mol. The molecule has 3 nitrogen and oxygen atoms in total. The van der Waals surface area contributed by atoms with Gasteiger partial charge in [-0.3, -0.25) is 0 Å². The molecule has 0 amide bonds. The average molecular weight is 183 g/mol. The first-order valence-electron chi connectivity index (χ1n) is 5.25. The summed E-state index contributed by atoms with van der Waals surface area (Å²) in [6.07, 6.45) is 2.47. The van der Waals surface area contributed by atoms with Gasteiger partial charge in [-0.15, -0.1) is 0 Å². The molecule has 1 heterocycles. The lowest BCUT2D eigenvalue weighted by molar-refractivity contribution is 0.0964. The minimum atomic E-state index is -0.317. The summed E-state index contributed by atoms with van der Waals surface area (Å²) in [7, 11) is -0.317. The summed E-state index contributed by atoms with van der Waals surface area (Å²) < 4.78 is 0. The zero-order valence-corrected chi connectivity index (χ0v) is 8.19. The Balaban J connectivity index is 2.02. The zero-order valence-electron chi connectivity index (χ0n) is 8.19. The number of aliphatic hydroxyl groups excluding tert-OH is 1. The Kier molecular flexibility index (Phi) is 2.63. The van der Waals surface area contributed by atoms with Crippen molar-refractivity contribution in [2.45, 2.75) is 19.7 Å². The van der Waals surface area contributed by atoms with Crippen molar-refractivity contribution >= 4 is 7.05 Å². The van der Waals surface area contributed by atoms with Crippen molar-refractivity contribution < 1.29 is 10.1 Å². The number of fused-ring (bicyclic) bond motifs is 2. The number of piperidine rings is 1. The van der Waals surface area contributed by atoms with Crippen LogP contribution in [0.5, 0.6) is 0 Å². The lowest BCUT2D eigenvalue weighted by Gasteiger charge is -2.37. The second-order valence-electron chi connectivity index (χ2n) is 4.53. The Labute approximate surface area is 79.9 Å². The average Bonchev–Trinajstić information content (AvgIpc) is 2.34. The lowest BCUT2D eigenvalue weighted by atomic mass is 9.77. The van der Waals surface area contributed by atoms with Crippen LogP contribution in [0.2, 0.25) is 6.82 Å². The minimum Gasteiger partial charge on any atom is -0.437 e. The van der Waals surface area contributed by atoms with E-state index in [0.29, 0.717) is 24.4 Å². The van der Waals surface area contributed by atoms with Crippen molar-refractivity contribution in [3.8, 4) is 0 Å². The number of rotatable bonds is 2. The molecule has 1 saturated heterocycles. The molecule has 2 fully saturated rings. The molecule has 2 bridgehead atoms. The number of nitrogens with zero attached hydrogens (tertiary/aromatic N) is 1. The highest BCUT2D eigenvalue weighted by Crippen LogP contribution is 2.41. The van der Waals surface area contributed by atoms with E-state index in [9.17, 15) is 10.1 Å². The van der Waals surface area contributed by atoms with Gasteiger partial charge < -0.3 is 14.9 Å². The van der Waals surface area contributed by atoms with Crippen LogP contribution in [-0.4, -0.2) is 41.7 Å². The Morgan fingerprint density at radius 1 is 1.31 bits per heavy atom. The fourth-order valence-corrected chi connectivity index (χ4v) is 2.97. The van der Waals surface area contributed by atoms with Crippen molar-refractivity contribution in [2.24, 2.45) is 17.8 Å². The van der Waals surface area contributed by atoms with Crippen LogP contribution in [0.1, 0.15) is 12.8 Å². The Bertz CT molecular complexity index is 174. The molecule has 1 aliphatic heterocycles. The summed E-state index contributed by atoms with van der Waals surface area (Å²) in [6, 6.07) is 0. The van der Waals surface area contributed by atoms with E-state index >= 15 is 0 Å². The quantitative estimate of drug-likeness (QED) is 0.594. The van der Waals surface area contributed by atoms with Crippen molar-refractivity contribution in [1.29, 1.82) is 0 Å². The molecule has 4 heteroatoms. The van der Waals surface area contributed by atoms with E-state index in [1.807, 2.05) is 6.82 Å². The molecule has 2 aliphatic rings. The van der Waals surface area contributed by atoms with Crippen LogP contribution in [0.3, 0.4) is 0 Å². The first-order chi connectivity index (χ1) is 6.22. The van der Waals surface area contributed by atoms with Crippen LogP contribution in [-0.2, 0) is 0 Å². The Hall–Kier alpha value is -0.0551. The Morgan fingerprint density at radius 2 is 1.85 bits per heavy atom. The van der Waals surface area contributed by atoms with Crippen LogP contribution in [0, 0.1) is 17.8 Å². The predicted molar refractivity (Wildman–Crippen MR) is 52.2 cm³/mol. The predicted octanol–water partition coefficient (Wildman–Crippen LogP) is 0.0470. The summed E-state index contributed by atoms with van der Waals surface area (Å²) >= 11 is 0. The second-order valence-corrected chi connectivity index (χ2v) is 4.53. The van der Waals surface area contributed by atoms with Gasteiger partial charge >= 0.3 is 7.05 Å². The molecule has 0 aromatic carbocycles. The van der Waals surface area contributed by atoms with Gasteiger partial charge in [0.2, 0.25) is 0 Å². The molecule has 1 saturated carbocycles. The van der Waals surface area contributed by atoms with Gasteiger partial charge in [-0.25, -0.2) is 0 Å². The minimum absolute atomic E-state index is 0.317. The number of hydrogen-bond acceptors (Lipinski definition) is 3. The van der Waals surface area contributed by atoms with Gasteiger partial charge in [-0.2, -0.15) is 0 Å². The van der Waals surface area contributed by atoms with Gasteiger partial charge in [0.25, 0.3) is 0 Å². The molecule has 0 radical (unpaired) electrons. The molecule has 0 spiro atoms. The van der Waals surface area contributed by atoms with Gasteiger partial charge in [-0.1, -0.05) is 0 Å². The molecule has 2 unspecified atom stereocenters. The van der Waals surface area contributed by atoms with E-state index in [-0.39, 0.29) is 7.05 Å². The highest BCUT2D eigenvalue weighted by atomic mass is 16.3. The van der Waals surface area contributed by atoms with Crippen molar-refractivity contribution in [3.05, 3.63) is 0 Å². The first kappa shape index (κ1) is 9.50. The molecule has 13 heavy (non-hydrogen) atoms. The van der Waals surface area contributed by atoms with E-state index in [0.717, 1.165) is 13.1 Å². The SMILES string of the molecule is CB(O)N1CC2CCC(C1)C2CO. The van der Waals surface area contributed by atoms with Gasteiger partial charge in [0, 0.05) is 6.61 Å². The lowest BCUT2D eigenvalue weighted by Crippen LogP contribution is -2.49. The normalized spacial score (nSPS) is 39.5. The Morgan fingerprint density at radius 3 is 2.23 bits per heavy atom. The van der Waals surface area contributed by atoms with Gasteiger partial charge in [-0.05, 0) is 50.5 Å². The van der Waals surface area contributed by atoms with E-state index in [2.05, 4.69) is 4.81 Å². The summed E-state index contributed by atoms with van der Waals surface area (Å²) in [4.78, 5) is 2.13. The standard InChI is InChI=1S/C9H18BNO2/c1-10(13)11-4-7-2-3-8(5-11)9(7)6-12/h7-9,12-13H,2-6H2,1H3. The largest absolute Gasteiger partial charge is 0.437 e. The fraction of sp³-hybridized carbons (Fsp3) is 1.00. The van der Waals surface area contributed by atoms with Crippen LogP contribution in [0.15, 0.2) is 0 Å².